The zero-order valence-electron chi connectivity index (χ0n) is 7.37. The minimum Gasteiger partial charge on any atom is -0.255 e. The van der Waals surface area contributed by atoms with Gasteiger partial charge < -0.3 is 0 Å². The molecule has 0 aliphatic heterocycles. The average Bonchev–Trinajstić information content (AvgIpc) is 2.47. The predicted molar refractivity (Wildman–Crippen MR) is 54.2 cm³/mol. The maximum atomic E-state index is 5.63. The molecule has 1 aromatic heterocycles. The molecule has 0 radical (unpaired) electrons. The topological polar surface area (TPSA) is 30.7 Å². The van der Waals surface area contributed by atoms with E-state index in [0.717, 1.165) is 11.3 Å². The van der Waals surface area contributed by atoms with E-state index in [0.29, 0.717) is 5.03 Å². The number of hydrogen-bond acceptors (Lipinski definition) is 2. The van der Waals surface area contributed by atoms with E-state index in [9.17, 15) is 0 Å². The number of aromatic nitrogens is 3. The SMILES string of the molecule is C=C/C(=C\C(=C)Cl)c1cn(C)nn1. The summed E-state index contributed by atoms with van der Waals surface area (Å²) in [4.78, 5) is 0. The highest BCUT2D eigenvalue weighted by atomic mass is 35.5. The van der Waals surface area contributed by atoms with Crippen molar-refractivity contribution in [2.45, 2.75) is 0 Å². The molecule has 1 heterocycles. The molecule has 0 aromatic carbocycles. The van der Waals surface area contributed by atoms with Crippen molar-refractivity contribution in [3.63, 3.8) is 0 Å². The van der Waals surface area contributed by atoms with E-state index in [-0.39, 0.29) is 0 Å². The van der Waals surface area contributed by atoms with Gasteiger partial charge >= 0.3 is 0 Å². The number of hydrogen-bond donors (Lipinski definition) is 0. The van der Waals surface area contributed by atoms with Crippen LogP contribution in [0.25, 0.3) is 5.57 Å². The van der Waals surface area contributed by atoms with Crippen LogP contribution in [0.1, 0.15) is 5.69 Å². The molecule has 0 N–H and O–H groups in total. The summed E-state index contributed by atoms with van der Waals surface area (Å²) in [5, 5.41) is 8.16. The van der Waals surface area contributed by atoms with Crippen molar-refractivity contribution >= 4 is 17.2 Å². The molecular formula is C9H10ClN3. The molecule has 13 heavy (non-hydrogen) atoms. The average molecular weight is 196 g/mol. The summed E-state index contributed by atoms with van der Waals surface area (Å²) < 4.78 is 1.61. The fraction of sp³-hybridized carbons (Fsp3) is 0.111. The fourth-order valence-electron chi connectivity index (χ4n) is 0.886. The number of aryl methyl sites for hydroxylation is 1. The molecular weight excluding hydrogens is 186 g/mol. The van der Waals surface area contributed by atoms with Crippen LogP contribution in [0.3, 0.4) is 0 Å². The van der Waals surface area contributed by atoms with Crippen LogP contribution in [-0.4, -0.2) is 15.0 Å². The van der Waals surface area contributed by atoms with E-state index in [1.54, 1.807) is 30.1 Å². The van der Waals surface area contributed by atoms with Crippen LogP contribution in [-0.2, 0) is 7.05 Å². The van der Waals surface area contributed by atoms with Crippen molar-refractivity contribution in [3.05, 3.63) is 42.2 Å². The van der Waals surface area contributed by atoms with Crippen LogP contribution in [0.15, 0.2) is 36.5 Å². The summed E-state index contributed by atoms with van der Waals surface area (Å²) in [6.45, 7) is 7.22. The lowest BCUT2D eigenvalue weighted by Gasteiger charge is -1.93. The van der Waals surface area contributed by atoms with E-state index < -0.39 is 0 Å². The van der Waals surface area contributed by atoms with E-state index >= 15 is 0 Å². The second-order valence-corrected chi connectivity index (χ2v) is 3.01. The first-order valence-corrected chi connectivity index (χ1v) is 4.06. The normalized spacial score (nSPS) is 11.4. The summed E-state index contributed by atoms with van der Waals surface area (Å²) in [7, 11) is 1.80. The number of halogens is 1. The largest absolute Gasteiger partial charge is 0.255 e. The van der Waals surface area contributed by atoms with Gasteiger partial charge in [0.15, 0.2) is 0 Å². The maximum Gasteiger partial charge on any atom is 0.113 e. The summed E-state index contributed by atoms with van der Waals surface area (Å²) in [5.41, 5.74) is 1.55. The van der Waals surface area contributed by atoms with Crippen LogP contribution in [0.2, 0.25) is 0 Å². The standard InChI is InChI=1S/C9H10ClN3/c1-4-8(5-7(2)10)9-6-13(3)12-11-9/h4-6H,1-2H2,3H3/b8-5+. The molecule has 0 bridgehead atoms. The van der Waals surface area contributed by atoms with Crippen LogP contribution < -0.4 is 0 Å². The first-order valence-electron chi connectivity index (χ1n) is 3.68. The maximum absolute atomic E-state index is 5.63. The third kappa shape index (κ3) is 2.56. The molecule has 0 aliphatic carbocycles. The quantitative estimate of drug-likeness (QED) is 0.692. The van der Waals surface area contributed by atoms with Gasteiger partial charge in [-0.1, -0.05) is 36.0 Å². The van der Waals surface area contributed by atoms with Crippen LogP contribution in [0, 0.1) is 0 Å². The van der Waals surface area contributed by atoms with E-state index in [1.165, 1.54) is 0 Å². The van der Waals surface area contributed by atoms with E-state index in [1.807, 2.05) is 0 Å². The molecule has 0 atom stereocenters. The molecule has 4 heteroatoms. The van der Waals surface area contributed by atoms with E-state index in [2.05, 4.69) is 23.5 Å². The molecule has 1 aromatic rings. The Bertz CT molecular complexity index is 363. The van der Waals surface area contributed by atoms with Gasteiger partial charge in [-0.25, -0.2) is 0 Å². The Balaban J connectivity index is 3.04. The molecule has 0 unspecified atom stereocenters. The highest BCUT2D eigenvalue weighted by Gasteiger charge is 2.01. The second-order valence-electron chi connectivity index (χ2n) is 2.53. The zero-order chi connectivity index (χ0) is 9.84. The summed E-state index contributed by atoms with van der Waals surface area (Å²) in [6.07, 6.45) is 5.14. The molecule has 0 saturated carbocycles. The highest BCUT2D eigenvalue weighted by Crippen LogP contribution is 2.15. The third-order valence-corrected chi connectivity index (χ3v) is 1.54. The predicted octanol–water partition coefficient (Wildman–Crippen LogP) is 2.14. The van der Waals surface area contributed by atoms with Gasteiger partial charge in [0.2, 0.25) is 0 Å². The Morgan fingerprint density at radius 2 is 2.38 bits per heavy atom. The minimum atomic E-state index is 0.445. The van der Waals surface area contributed by atoms with Crippen LogP contribution in [0.5, 0.6) is 0 Å². The lowest BCUT2D eigenvalue weighted by Crippen LogP contribution is -1.85. The lowest BCUT2D eigenvalue weighted by atomic mass is 10.2. The molecule has 68 valence electrons. The van der Waals surface area contributed by atoms with Gasteiger partial charge in [0, 0.05) is 17.7 Å². The first kappa shape index (κ1) is 9.74. The third-order valence-electron chi connectivity index (χ3n) is 1.43. The molecule has 0 fully saturated rings. The minimum absolute atomic E-state index is 0.445. The molecule has 0 spiro atoms. The summed E-state index contributed by atoms with van der Waals surface area (Å²) in [6, 6.07) is 0. The Hall–Kier alpha value is -1.35. The summed E-state index contributed by atoms with van der Waals surface area (Å²) in [5.74, 6) is 0. The summed E-state index contributed by atoms with van der Waals surface area (Å²) >= 11 is 5.63. The monoisotopic (exact) mass is 195 g/mol. The van der Waals surface area contributed by atoms with Gasteiger partial charge in [-0.2, -0.15) is 0 Å². The van der Waals surface area contributed by atoms with Gasteiger partial charge in [-0.05, 0) is 6.08 Å². The van der Waals surface area contributed by atoms with E-state index in [4.69, 9.17) is 11.6 Å². The number of allylic oxidation sites excluding steroid dienone is 4. The Labute approximate surface area is 82.0 Å². The highest BCUT2D eigenvalue weighted by molar-refractivity contribution is 6.31. The van der Waals surface area contributed by atoms with Crippen LogP contribution >= 0.6 is 11.6 Å². The van der Waals surface area contributed by atoms with Gasteiger partial charge in [0.25, 0.3) is 0 Å². The molecule has 1 rings (SSSR count). The fourth-order valence-corrected chi connectivity index (χ4v) is 1.00. The molecule has 0 amide bonds. The Kier molecular flexibility index (Phi) is 3.03. The Morgan fingerprint density at radius 3 is 2.77 bits per heavy atom. The molecule has 0 saturated heterocycles. The van der Waals surface area contributed by atoms with Crippen molar-refractivity contribution in [2.24, 2.45) is 7.05 Å². The van der Waals surface area contributed by atoms with Crippen molar-refractivity contribution in [1.82, 2.24) is 15.0 Å². The molecule has 3 nitrogen and oxygen atoms in total. The van der Waals surface area contributed by atoms with Gasteiger partial charge in [-0.3, -0.25) is 4.68 Å². The number of nitrogens with zero attached hydrogens (tertiary/aromatic N) is 3. The smallest absolute Gasteiger partial charge is 0.113 e. The van der Waals surface area contributed by atoms with Crippen molar-refractivity contribution in [3.8, 4) is 0 Å². The number of rotatable bonds is 3. The van der Waals surface area contributed by atoms with Crippen molar-refractivity contribution in [1.29, 1.82) is 0 Å². The Morgan fingerprint density at radius 1 is 1.69 bits per heavy atom. The van der Waals surface area contributed by atoms with Gasteiger partial charge in [-0.15, -0.1) is 5.10 Å². The zero-order valence-corrected chi connectivity index (χ0v) is 8.12. The molecule has 0 aliphatic rings. The second kappa shape index (κ2) is 4.05. The van der Waals surface area contributed by atoms with Gasteiger partial charge in [0.1, 0.15) is 5.69 Å². The van der Waals surface area contributed by atoms with Crippen molar-refractivity contribution in [2.75, 3.05) is 0 Å². The van der Waals surface area contributed by atoms with Crippen LogP contribution in [0.4, 0.5) is 0 Å². The first-order chi connectivity index (χ1) is 6.13. The van der Waals surface area contributed by atoms with Gasteiger partial charge in [0.05, 0.1) is 6.20 Å². The lowest BCUT2D eigenvalue weighted by molar-refractivity contribution is 0.714. The van der Waals surface area contributed by atoms with Crippen molar-refractivity contribution < 1.29 is 0 Å².